The smallest absolute Gasteiger partial charge is 0.329 e. The van der Waals surface area contributed by atoms with Gasteiger partial charge in [0.05, 0.1) is 25.7 Å². The number of aromatic nitrogens is 1. The monoisotopic (exact) mass is 612 g/mol. The van der Waals surface area contributed by atoms with Crippen LogP contribution < -0.4 is 5.32 Å². The maximum absolute atomic E-state index is 13.6. The fourth-order valence-electron chi connectivity index (χ4n) is 5.85. The number of hydrogen-bond donors (Lipinski definition) is 2. The molecule has 2 fully saturated rings. The van der Waals surface area contributed by atoms with Crippen molar-refractivity contribution in [2.75, 3.05) is 45.9 Å². The van der Waals surface area contributed by atoms with Gasteiger partial charge in [0.1, 0.15) is 24.2 Å². The summed E-state index contributed by atoms with van der Waals surface area (Å²) in [5, 5.41) is 13.1. The summed E-state index contributed by atoms with van der Waals surface area (Å²) in [6.45, 7) is 9.90. The number of oxazole rings is 1. The number of carbonyl (C=O) groups excluding carboxylic acids is 4. The number of rotatable bonds is 3. The van der Waals surface area contributed by atoms with Gasteiger partial charge in [0.2, 0.25) is 11.8 Å². The first-order valence-corrected chi connectivity index (χ1v) is 15.4. The lowest BCUT2D eigenvalue weighted by molar-refractivity contribution is -0.159. The highest BCUT2D eigenvalue weighted by molar-refractivity contribution is 5.95. The van der Waals surface area contributed by atoms with E-state index < -0.39 is 30.1 Å². The molecule has 5 atom stereocenters. The second-order valence-electron chi connectivity index (χ2n) is 11.8. The summed E-state index contributed by atoms with van der Waals surface area (Å²) >= 11 is 0. The highest BCUT2D eigenvalue weighted by atomic mass is 16.5. The maximum atomic E-state index is 13.6. The number of nitrogens with one attached hydrogen (secondary N) is 1. The van der Waals surface area contributed by atoms with Gasteiger partial charge in [-0.2, -0.15) is 0 Å². The number of ether oxygens (including phenoxy) is 2. The average Bonchev–Trinajstić information content (AvgIpc) is 3.66. The minimum absolute atomic E-state index is 0.00636. The summed E-state index contributed by atoms with van der Waals surface area (Å²) in [6.07, 6.45) is 8.62. The first-order chi connectivity index (χ1) is 21.1. The summed E-state index contributed by atoms with van der Waals surface area (Å²) in [7, 11) is 0. The predicted octanol–water partition coefficient (Wildman–Crippen LogP) is 1.85. The molecule has 0 saturated carbocycles. The summed E-state index contributed by atoms with van der Waals surface area (Å²) < 4.78 is 17.0. The Morgan fingerprint density at radius 2 is 1.91 bits per heavy atom. The lowest BCUT2D eigenvalue weighted by Crippen LogP contribution is -2.46. The van der Waals surface area contributed by atoms with Crippen LogP contribution in [0, 0.1) is 11.8 Å². The number of cyclic esters (lactones) is 1. The van der Waals surface area contributed by atoms with E-state index in [9.17, 15) is 24.3 Å². The van der Waals surface area contributed by atoms with Gasteiger partial charge in [0.15, 0.2) is 5.69 Å². The molecule has 240 valence electrons. The van der Waals surface area contributed by atoms with E-state index in [1.807, 2.05) is 13.8 Å². The van der Waals surface area contributed by atoms with Gasteiger partial charge in [0.25, 0.3) is 5.91 Å². The zero-order chi connectivity index (χ0) is 31.6. The molecular formula is C32H44N4O8. The van der Waals surface area contributed by atoms with Crippen LogP contribution in [0.25, 0.3) is 0 Å². The van der Waals surface area contributed by atoms with Crippen LogP contribution in [0.4, 0.5) is 0 Å². The Kier molecular flexibility index (Phi) is 12.0. The van der Waals surface area contributed by atoms with Crippen molar-refractivity contribution in [3.05, 3.63) is 53.8 Å². The number of hydrogen-bond acceptors (Lipinski definition) is 10. The topological polar surface area (TPSA) is 152 Å². The lowest BCUT2D eigenvalue weighted by atomic mass is 9.92. The molecule has 12 heteroatoms. The van der Waals surface area contributed by atoms with Gasteiger partial charge in [-0.25, -0.2) is 9.78 Å². The van der Waals surface area contributed by atoms with Crippen LogP contribution in [0.5, 0.6) is 0 Å². The van der Waals surface area contributed by atoms with Crippen molar-refractivity contribution < 1.29 is 38.2 Å². The number of aliphatic hydroxyl groups is 1. The van der Waals surface area contributed by atoms with E-state index in [0.29, 0.717) is 39.1 Å². The van der Waals surface area contributed by atoms with Gasteiger partial charge in [-0.15, -0.1) is 0 Å². The van der Waals surface area contributed by atoms with Gasteiger partial charge >= 0.3 is 5.97 Å². The summed E-state index contributed by atoms with van der Waals surface area (Å²) in [4.78, 5) is 60.1. The number of carbonyl (C=O) groups is 4. The number of esters is 1. The van der Waals surface area contributed by atoms with Crippen molar-refractivity contribution in [1.82, 2.24) is 20.1 Å². The molecule has 0 aliphatic carbocycles. The largest absolute Gasteiger partial charge is 0.460 e. The van der Waals surface area contributed by atoms with E-state index in [1.165, 1.54) is 17.2 Å². The van der Waals surface area contributed by atoms with Crippen molar-refractivity contribution in [3.63, 3.8) is 0 Å². The Morgan fingerprint density at radius 3 is 2.68 bits per heavy atom. The molecule has 4 heterocycles. The van der Waals surface area contributed by atoms with E-state index >= 15 is 0 Å². The molecule has 5 unspecified atom stereocenters. The fourth-order valence-corrected chi connectivity index (χ4v) is 5.85. The van der Waals surface area contributed by atoms with E-state index in [0.717, 1.165) is 18.7 Å². The third-order valence-electron chi connectivity index (χ3n) is 8.10. The first-order valence-electron chi connectivity index (χ1n) is 15.4. The van der Waals surface area contributed by atoms with Gasteiger partial charge in [-0.05, 0) is 25.8 Å². The van der Waals surface area contributed by atoms with Crippen LogP contribution in [0.1, 0.15) is 56.4 Å². The molecule has 0 radical (unpaired) electrons. The van der Waals surface area contributed by atoms with Crippen LogP contribution >= 0.6 is 0 Å². The average molecular weight is 613 g/mol. The molecule has 0 aromatic carbocycles. The van der Waals surface area contributed by atoms with Crippen LogP contribution in [-0.2, 0) is 30.3 Å². The maximum Gasteiger partial charge on any atom is 0.329 e. The van der Waals surface area contributed by atoms with Crippen molar-refractivity contribution >= 4 is 23.6 Å². The number of fused-ring (bicyclic) bond motifs is 3. The third kappa shape index (κ3) is 9.44. The summed E-state index contributed by atoms with van der Waals surface area (Å²) in [6, 6.07) is -0.791. The Morgan fingerprint density at radius 1 is 1.14 bits per heavy atom. The van der Waals surface area contributed by atoms with E-state index in [4.69, 9.17) is 13.9 Å². The second kappa shape index (κ2) is 15.9. The van der Waals surface area contributed by atoms with Gasteiger partial charge in [-0.1, -0.05) is 43.7 Å². The molecule has 2 N–H and O–H groups in total. The number of morpholine rings is 1. The third-order valence-corrected chi connectivity index (χ3v) is 8.10. The molecule has 1 aromatic rings. The molecule has 4 rings (SSSR count). The van der Waals surface area contributed by atoms with Crippen LogP contribution in [0.2, 0.25) is 0 Å². The number of Topliss-reactive ketones (excluding diaryl/α,β-unsaturated/α-hetero) is 1. The zero-order valence-corrected chi connectivity index (χ0v) is 25.8. The van der Waals surface area contributed by atoms with Gasteiger partial charge in [-0.3, -0.25) is 19.3 Å². The standard InChI is InChI=1S/C32H44N4O8/c1-21-6-4-10-33-28(39)9-8-22(2)30(23(3)19-35-12-14-42-15-13-35)44-32(41)27-7-5-11-36(27)31(40)26-20-43-29(34-26)18-25(38)17-24(37)16-21/h4,6,8-9,16,20,22-24,27,30,37H,5,7,10-15,17-19H2,1-3H3,(H,33,39)/b6-4+,9-8+,21-16+. The highest BCUT2D eigenvalue weighted by Crippen LogP contribution is 2.26. The fraction of sp³-hybridized carbons (Fsp3) is 0.594. The number of amides is 2. The number of ketones is 1. The van der Waals surface area contributed by atoms with Gasteiger partial charge < -0.3 is 29.2 Å². The molecule has 1 aromatic heterocycles. The minimum atomic E-state index is -1.02. The predicted molar refractivity (Wildman–Crippen MR) is 160 cm³/mol. The SMILES string of the molecule is CC1=C\C(O)CC(=O)Cc2nc(co2)C(=O)N2CCCC2C(=O)OC(C(C)CN2CCOCC2)C(C)/C=C/C(=O)NC\C=C\1. The molecular weight excluding hydrogens is 568 g/mol. The molecule has 3 aliphatic heterocycles. The first kappa shape index (κ1) is 33.3. The Bertz CT molecular complexity index is 1260. The molecule has 3 aliphatic rings. The van der Waals surface area contributed by atoms with E-state index in [2.05, 4.69) is 15.2 Å². The van der Waals surface area contributed by atoms with Crippen molar-refractivity contribution in [3.8, 4) is 0 Å². The summed E-state index contributed by atoms with van der Waals surface area (Å²) in [5.74, 6) is -1.86. The lowest BCUT2D eigenvalue weighted by Gasteiger charge is -2.35. The molecule has 2 bridgehead atoms. The van der Waals surface area contributed by atoms with E-state index in [1.54, 1.807) is 31.2 Å². The van der Waals surface area contributed by atoms with Gasteiger partial charge in [0, 0.05) is 51.0 Å². The highest BCUT2D eigenvalue weighted by Gasteiger charge is 2.39. The van der Waals surface area contributed by atoms with E-state index in [-0.39, 0.29) is 54.5 Å². The molecule has 44 heavy (non-hydrogen) atoms. The minimum Gasteiger partial charge on any atom is -0.460 e. The Hall–Kier alpha value is -3.61. The van der Waals surface area contributed by atoms with Crippen molar-refractivity contribution in [2.24, 2.45) is 11.8 Å². The number of aliphatic hydroxyl groups excluding tert-OH is 1. The van der Waals surface area contributed by atoms with Crippen LogP contribution in [0.15, 0.2) is 46.6 Å². The summed E-state index contributed by atoms with van der Waals surface area (Å²) in [5.41, 5.74) is 0.733. The number of nitrogens with zero attached hydrogens (tertiary/aromatic N) is 3. The number of allylic oxidation sites excluding steroid dienone is 2. The van der Waals surface area contributed by atoms with Crippen LogP contribution in [-0.4, -0.2) is 108 Å². The van der Waals surface area contributed by atoms with Crippen molar-refractivity contribution in [2.45, 2.75) is 64.7 Å². The Balaban J connectivity index is 1.57. The normalized spacial score (nSPS) is 30.5. The molecule has 2 saturated heterocycles. The zero-order valence-electron chi connectivity index (χ0n) is 25.8. The molecule has 2 amide bonds. The quantitative estimate of drug-likeness (QED) is 0.484. The molecule has 12 nitrogen and oxygen atoms in total. The van der Waals surface area contributed by atoms with Crippen molar-refractivity contribution in [1.29, 1.82) is 0 Å². The second-order valence-corrected chi connectivity index (χ2v) is 11.8. The Labute approximate surface area is 258 Å². The molecule has 0 spiro atoms. The van der Waals surface area contributed by atoms with Crippen LogP contribution in [0.3, 0.4) is 0 Å².